The molecule has 3 nitrogen and oxygen atoms in total. The second-order valence-electron chi connectivity index (χ2n) is 7.71. The maximum Gasteiger partial charge on any atom is 0.0364 e. The van der Waals surface area contributed by atoms with Crippen molar-refractivity contribution in [3.63, 3.8) is 0 Å². The first-order chi connectivity index (χ1) is 9.22. The number of piperidine rings is 1. The van der Waals surface area contributed by atoms with Crippen molar-refractivity contribution in [2.24, 2.45) is 11.7 Å². The quantitative estimate of drug-likeness (QED) is 0.821. The van der Waals surface area contributed by atoms with Gasteiger partial charge in [0.05, 0.1) is 0 Å². The van der Waals surface area contributed by atoms with Crippen LogP contribution in [0.2, 0.25) is 0 Å². The van der Waals surface area contributed by atoms with Crippen LogP contribution in [0.4, 0.5) is 0 Å². The van der Waals surface area contributed by atoms with E-state index in [1.165, 1.54) is 57.9 Å². The molecular formula is C16H29N3. The first-order valence-electron chi connectivity index (χ1n) is 8.40. The molecule has 2 aliphatic carbocycles. The normalized spacial score (nSPS) is 43.1. The molecule has 4 fully saturated rings. The topological polar surface area (TPSA) is 32.5 Å². The van der Waals surface area contributed by atoms with E-state index < -0.39 is 0 Å². The van der Waals surface area contributed by atoms with Gasteiger partial charge < -0.3 is 10.6 Å². The molecule has 0 radical (unpaired) electrons. The summed E-state index contributed by atoms with van der Waals surface area (Å²) in [7, 11) is 2.34. The van der Waals surface area contributed by atoms with E-state index in [-0.39, 0.29) is 0 Å². The van der Waals surface area contributed by atoms with Crippen molar-refractivity contribution in [1.82, 2.24) is 9.80 Å². The van der Waals surface area contributed by atoms with Gasteiger partial charge in [0.25, 0.3) is 0 Å². The van der Waals surface area contributed by atoms with Gasteiger partial charge in [0, 0.05) is 36.8 Å². The van der Waals surface area contributed by atoms with Gasteiger partial charge in [-0.2, -0.15) is 0 Å². The van der Waals surface area contributed by atoms with E-state index in [4.69, 9.17) is 5.73 Å². The Balaban J connectivity index is 1.57. The molecule has 0 amide bonds. The fourth-order valence-corrected chi connectivity index (χ4v) is 4.76. The highest BCUT2D eigenvalue weighted by Gasteiger charge is 2.52. The number of nitrogens with two attached hydrogens (primary N) is 1. The molecule has 0 aromatic heterocycles. The molecule has 2 N–H and O–H groups in total. The Morgan fingerprint density at radius 2 is 1.68 bits per heavy atom. The third-order valence-electron chi connectivity index (χ3n) is 6.34. The van der Waals surface area contributed by atoms with Gasteiger partial charge >= 0.3 is 0 Å². The molecule has 2 bridgehead atoms. The van der Waals surface area contributed by atoms with E-state index in [0.717, 1.165) is 30.6 Å². The minimum atomic E-state index is 0.349. The largest absolute Gasteiger partial charge is 0.329 e. The van der Waals surface area contributed by atoms with Crippen LogP contribution >= 0.6 is 0 Å². The monoisotopic (exact) mass is 263 g/mol. The number of fused-ring (bicyclic) bond motifs is 2. The smallest absolute Gasteiger partial charge is 0.0364 e. The molecule has 0 spiro atoms. The molecular weight excluding hydrogens is 234 g/mol. The Bertz CT molecular complexity index is 334. The van der Waals surface area contributed by atoms with Crippen LogP contribution in [0, 0.1) is 5.92 Å². The highest BCUT2D eigenvalue weighted by Crippen LogP contribution is 2.47. The molecule has 2 unspecified atom stereocenters. The lowest BCUT2D eigenvalue weighted by Crippen LogP contribution is -2.62. The number of rotatable bonds is 5. The van der Waals surface area contributed by atoms with E-state index >= 15 is 0 Å². The highest BCUT2D eigenvalue weighted by atomic mass is 15.3. The molecule has 3 heteroatoms. The van der Waals surface area contributed by atoms with Crippen LogP contribution in [0.25, 0.3) is 0 Å². The van der Waals surface area contributed by atoms with E-state index in [0.29, 0.717) is 5.54 Å². The van der Waals surface area contributed by atoms with Crippen LogP contribution < -0.4 is 5.73 Å². The minimum Gasteiger partial charge on any atom is -0.329 e. The maximum absolute atomic E-state index is 6.34. The van der Waals surface area contributed by atoms with Crippen molar-refractivity contribution >= 4 is 0 Å². The predicted octanol–water partition coefficient (Wildman–Crippen LogP) is 1.81. The fraction of sp³-hybridized carbons (Fsp3) is 1.00. The lowest BCUT2D eigenvalue weighted by Gasteiger charge is -2.51. The first-order valence-corrected chi connectivity index (χ1v) is 8.40. The van der Waals surface area contributed by atoms with Crippen molar-refractivity contribution in [1.29, 1.82) is 0 Å². The van der Waals surface area contributed by atoms with Crippen molar-refractivity contribution in [3.05, 3.63) is 0 Å². The van der Waals surface area contributed by atoms with E-state index in [9.17, 15) is 0 Å². The molecule has 108 valence electrons. The highest BCUT2D eigenvalue weighted by molar-refractivity contribution is 5.10. The summed E-state index contributed by atoms with van der Waals surface area (Å²) in [6.07, 6.45) is 11.3. The number of hydrogen-bond acceptors (Lipinski definition) is 3. The lowest BCUT2D eigenvalue weighted by molar-refractivity contribution is -0.00715. The van der Waals surface area contributed by atoms with Crippen LogP contribution in [0.1, 0.15) is 51.4 Å². The number of hydrogen-bond donors (Lipinski definition) is 1. The molecule has 2 saturated heterocycles. The molecule has 4 aliphatic rings. The average molecular weight is 263 g/mol. The summed E-state index contributed by atoms with van der Waals surface area (Å²) < 4.78 is 0. The molecule has 2 heterocycles. The molecule has 0 aromatic rings. The van der Waals surface area contributed by atoms with Gasteiger partial charge in [-0.1, -0.05) is 0 Å². The summed E-state index contributed by atoms with van der Waals surface area (Å²) in [6, 6.07) is 2.50. The van der Waals surface area contributed by atoms with Crippen molar-refractivity contribution in [3.8, 4) is 0 Å². The zero-order valence-corrected chi connectivity index (χ0v) is 12.4. The van der Waals surface area contributed by atoms with Gasteiger partial charge in [-0.25, -0.2) is 0 Å². The average Bonchev–Trinajstić information content (AvgIpc) is 3.30. The zero-order chi connectivity index (χ0) is 13.0. The minimum absolute atomic E-state index is 0.349. The molecule has 0 aromatic carbocycles. The summed E-state index contributed by atoms with van der Waals surface area (Å²) in [4.78, 5) is 5.54. The Labute approximate surface area is 117 Å². The molecule has 19 heavy (non-hydrogen) atoms. The summed E-state index contributed by atoms with van der Waals surface area (Å²) in [5, 5.41) is 0. The SMILES string of the molecule is CN1C2CCC1CC(CN)(N(CC1CC1)C1CC1)C2. The summed E-state index contributed by atoms with van der Waals surface area (Å²) in [6.45, 7) is 2.24. The standard InChI is InChI=1S/C16H29N3/c1-18-14-6-7-15(18)9-16(8-14,11-17)19(13-4-5-13)10-12-2-3-12/h12-15H,2-11,17H2,1H3. The number of nitrogens with zero attached hydrogens (tertiary/aromatic N) is 2. The Kier molecular flexibility index (Phi) is 2.95. The van der Waals surface area contributed by atoms with Gasteiger partial charge in [0.2, 0.25) is 0 Å². The predicted molar refractivity (Wildman–Crippen MR) is 78.0 cm³/mol. The second kappa shape index (κ2) is 4.44. The van der Waals surface area contributed by atoms with Crippen LogP contribution in [-0.2, 0) is 0 Å². The Hall–Kier alpha value is -0.120. The zero-order valence-electron chi connectivity index (χ0n) is 12.4. The van der Waals surface area contributed by atoms with E-state index in [1.54, 1.807) is 0 Å². The summed E-state index contributed by atoms with van der Waals surface area (Å²) in [5.41, 5.74) is 6.69. The fourth-order valence-electron chi connectivity index (χ4n) is 4.76. The van der Waals surface area contributed by atoms with Crippen LogP contribution in [0.15, 0.2) is 0 Å². The van der Waals surface area contributed by atoms with Crippen LogP contribution in [0.5, 0.6) is 0 Å². The summed E-state index contributed by atoms with van der Waals surface area (Å²) >= 11 is 0. The Morgan fingerprint density at radius 1 is 1.05 bits per heavy atom. The lowest BCUT2D eigenvalue weighted by atomic mass is 9.81. The molecule has 4 rings (SSSR count). The summed E-state index contributed by atoms with van der Waals surface area (Å²) in [5.74, 6) is 1.00. The molecule has 2 saturated carbocycles. The molecule has 2 aliphatic heterocycles. The van der Waals surface area contributed by atoms with Crippen molar-refractivity contribution in [2.45, 2.75) is 75.0 Å². The third kappa shape index (κ3) is 2.14. The first kappa shape index (κ1) is 12.6. The third-order valence-corrected chi connectivity index (χ3v) is 6.34. The van der Waals surface area contributed by atoms with Crippen LogP contribution in [0.3, 0.4) is 0 Å². The second-order valence-corrected chi connectivity index (χ2v) is 7.71. The van der Waals surface area contributed by atoms with Gasteiger partial charge in [0.15, 0.2) is 0 Å². The van der Waals surface area contributed by atoms with Gasteiger partial charge in [-0.3, -0.25) is 4.90 Å². The van der Waals surface area contributed by atoms with Crippen LogP contribution in [-0.4, -0.2) is 53.6 Å². The Morgan fingerprint density at radius 3 is 2.16 bits per heavy atom. The van der Waals surface area contributed by atoms with E-state index in [1.807, 2.05) is 0 Å². The maximum atomic E-state index is 6.34. The van der Waals surface area contributed by atoms with Crippen molar-refractivity contribution in [2.75, 3.05) is 20.1 Å². The van der Waals surface area contributed by atoms with E-state index in [2.05, 4.69) is 16.8 Å². The van der Waals surface area contributed by atoms with Crippen molar-refractivity contribution < 1.29 is 0 Å². The van der Waals surface area contributed by atoms with Gasteiger partial charge in [-0.15, -0.1) is 0 Å². The van der Waals surface area contributed by atoms with Gasteiger partial charge in [-0.05, 0) is 64.3 Å². The van der Waals surface area contributed by atoms with Gasteiger partial charge in [0.1, 0.15) is 0 Å². The molecule has 2 atom stereocenters.